The summed E-state index contributed by atoms with van der Waals surface area (Å²) in [6.07, 6.45) is 1.36. The summed E-state index contributed by atoms with van der Waals surface area (Å²) in [6, 6.07) is 7.59. The molecule has 1 aromatic carbocycles. The first-order valence-electron chi connectivity index (χ1n) is 7.16. The van der Waals surface area contributed by atoms with Gasteiger partial charge in [0.25, 0.3) is 0 Å². The van der Waals surface area contributed by atoms with Crippen LogP contribution < -0.4 is 4.80 Å². The largest absolute Gasteiger partial charge is 0.465 e. The second-order valence-corrected chi connectivity index (χ2v) is 5.77. The van der Waals surface area contributed by atoms with E-state index in [0.29, 0.717) is 4.70 Å². The van der Waals surface area contributed by atoms with Gasteiger partial charge in [0.2, 0.25) is 0 Å². The Bertz CT molecular complexity index is 956. The van der Waals surface area contributed by atoms with E-state index in [1.807, 2.05) is 0 Å². The number of esters is 1. The van der Waals surface area contributed by atoms with Crippen LogP contribution in [0, 0.1) is 5.82 Å². The van der Waals surface area contributed by atoms with Crippen LogP contribution in [0.5, 0.6) is 0 Å². The number of nitrogens with zero attached hydrogens (tertiary/aromatic N) is 2. The molecule has 0 unspecified atom stereocenters. The van der Waals surface area contributed by atoms with Gasteiger partial charge in [0.1, 0.15) is 12.4 Å². The number of hydrogen-bond donors (Lipinski definition) is 0. The summed E-state index contributed by atoms with van der Waals surface area (Å²) < 4.78 is 26.0. The van der Waals surface area contributed by atoms with Crippen molar-refractivity contribution >= 4 is 33.4 Å². The van der Waals surface area contributed by atoms with E-state index in [1.54, 1.807) is 25.1 Å². The zero-order chi connectivity index (χ0) is 17.1. The molecule has 3 rings (SSSR count). The molecule has 6 nitrogen and oxygen atoms in total. The molecule has 0 saturated heterocycles. The van der Waals surface area contributed by atoms with Gasteiger partial charge < -0.3 is 13.7 Å². The van der Waals surface area contributed by atoms with E-state index in [-0.39, 0.29) is 29.2 Å². The van der Waals surface area contributed by atoms with Crippen molar-refractivity contribution in [1.29, 1.82) is 0 Å². The average molecular weight is 348 g/mol. The van der Waals surface area contributed by atoms with Gasteiger partial charge in [-0.1, -0.05) is 17.4 Å². The van der Waals surface area contributed by atoms with Crippen molar-refractivity contribution in [2.45, 2.75) is 13.5 Å². The molecule has 0 aliphatic heterocycles. The second kappa shape index (κ2) is 6.79. The van der Waals surface area contributed by atoms with E-state index in [9.17, 15) is 14.0 Å². The molecule has 2 aromatic heterocycles. The lowest BCUT2D eigenvalue weighted by atomic mass is 10.3. The van der Waals surface area contributed by atoms with Crippen LogP contribution in [0.25, 0.3) is 10.2 Å². The fourth-order valence-corrected chi connectivity index (χ4v) is 3.24. The number of aromatic nitrogens is 1. The summed E-state index contributed by atoms with van der Waals surface area (Å²) in [7, 11) is 0. The highest BCUT2D eigenvalue weighted by molar-refractivity contribution is 7.16. The molecule has 0 radical (unpaired) electrons. The highest BCUT2D eigenvalue weighted by atomic mass is 32.1. The maximum absolute atomic E-state index is 14.2. The molecule has 2 heterocycles. The number of benzene rings is 1. The van der Waals surface area contributed by atoms with Crippen molar-refractivity contribution in [3.05, 3.63) is 53.0 Å². The number of carbonyl (C=O) groups is 2. The third kappa shape index (κ3) is 3.13. The Kier molecular flexibility index (Phi) is 4.57. The van der Waals surface area contributed by atoms with Crippen LogP contribution in [-0.4, -0.2) is 23.1 Å². The lowest BCUT2D eigenvalue weighted by molar-refractivity contribution is -0.143. The van der Waals surface area contributed by atoms with E-state index in [0.717, 1.165) is 11.3 Å². The second-order valence-electron chi connectivity index (χ2n) is 4.76. The minimum absolute atomic E-state index is 0.0654. The number of halogens is 1. The Hall–Kier alpha value is -2.74. The first-order chi connectivity index (χ1) is 11.6. The van der Waals surface area contributed by atoms with Crippen LogP contribution in [0.2, 0.25) is 0 Å². The maximum atomic E-state index is 14.2. The van der Waals surface area contributed by atoms with Gasteiger partial charge in [0, 0.05) is 0 Å². The van der Waals surface area contributed by atoms with E-state index < -0.39 is 17.7 Å². The van der Waals surface area contributed by atoms with Crippen molar-refractivity contribution in [1.82, 2.24) is 4.57 Å². The van der Waals surface area contributed by atoms with Gasteiger partial charge in [0.15, 0.2) is 10.6 Å². The topological polar surface area (TPSA) is 73.8 Å². The number of carbonyl (C=O) groups excluding carboxylic acids is 2. The summed E-state index contributed by atoms with van der Waals surface area (Å²) in [6.45, 7) is 1.65. The van der Waals surface area contributed by atoms with Gasteiger partial charge in [-0.2, -0.15) is 4.99 Å². The molecule has 0 fully saturated rings. The highest BCUT2D eigenvalue weighted by Crippen LogP contribution is 2.20. The molecule has 8 heteroatoms. The van der Waals surface area contributed by atoms with Crippen molar-refractivity contribution in [2.24, 2.45) is 4.99 Å². The summed E-state index contributed by atoms with van der Waals surface area (Å²) in [5, 5.41) is 0. The van der Waals surface area contributed by atoms with Gasteiger partial charge in [0.05, 0.1) is 23.1 Å². The van der Waals surface area contributed by atoms with Crippen LogP contribution >= 0.6 is 11.3 Å². The minimum Gasteiger partial charge on any atom is -0.465 e. The zero-order valence-electron chi connectivity index (χ0n) is 12.7. The van der Waals surface area contributed by atoms with Crippen molar-refractivity contribution in [3.63, 3.8) is 0 Å². The fraction of sp³-hybridized carbons (Fsp3) is 0.188. The number of thiazole rings is 1. The van der Waals surface area contributed by atoms with Gasteiger partial charge in [-0.3, -0.25) is 9.59 Å². The summed E-state index contributed by atoms with van der Waals surface area (Å²) in [4.78, 5) is 28.1. The number of para-hydroxylation sites is 1. The molecule has 1 amide bonds. The van der Waals surface area contributed by atoms with E-state index in [1.165, 1.54) is 23.0 Å². The van der Waals surface area contributed by atoms with Crippen LogP contribution in [0.15, 0.2) is 46.0 Å². The quantitative estimate of drug-likeness (QED) is 0.680. The zero-order valence-corrected chi connectivity index (χ0v) is 13.5. The molecule has 0 N–H and O–H groups in total. The minimum atomic E-state index is -0.607. The van der Waals surface area contributed by atoms with Crippen LogP contribution in [0.3, 0.4) is 0 Å². The number of hydrogen-bond acceptors (Lipinski definition) is 5. The number of amides is 1. The Morgan fingerprint density at radius 3 is 2.88 bits per heavy atom. The van der Waals surface area contributed by atoms with E-state index >= 15 is 0 Å². The summed E-state index contributed by atoms with van der Waals surface area (Å²) in [5.74, 6) is -1.58. The number of rotatable bonds is 4. The Morgan fingerprint density at radius 1 is 1.33 bits per heavy atom. The smallest absolute Gasteiger partial charge is 0.326 e. The molecule has 0 atom stereocenters. The number of ether oxygens (including phenoxy) is 1. The lowest BCUT2D eigenvalue weighted by Crippen LogP contribution is -2.23. The molecule has 0 saturated carbocycles. The number of fused-ring (bicyclic) bond motifs is 1. The monoisotopic (exact) mass is 348 g/mol. The van der Waals surface area contributed by atoms with Crippen LogP contribution in [0.1, 0.15) is 17.5 Å². The van der Waals surface area contributed by atoms with Crippen LogP contribution in [-0.2, 0) is 16.1 Å². The molecule has 124 valence electrons. The third-order valence-electron chi connectivity index (χ3n) is 3.17. The molecular formula is C16H13FN2O4S. The summed E-state index contributed by atoms with van der Waals surface area (Å²) in [5.41, 5.74) is 0.210. The first-order valence-corrected chi connectivity index (χ1v) is 7.98. The predicted octanol–water partition coefficient (Wildman–Crippen LogP) is 2.74. The van der Waals surface area contributed by atoms with Crippen molar-refractivity contribution in [2.75, 3.05) is 6.61 Å². The molecule has 0 aliphatic rings. The Labute approximate surface area is 139 Å². The third-order valence-corrected chi connectivity index (χ3v) is 4.22. The molecule has 0 spiro atoms. The number of furan rings is 1. The summed E-state index contributed by atoms with van der Waals surface area (Å²) >= 11 is 1.11. The van der Waals surface area contributed by atoms with Gasteiger partial charge >= 0.3 is 11.9 Å². The first kappa shape index (κ1) is 16.1. The molecular weight excluding hydrogens is 335 g/mol. The van der Waals surface area contributed by atoms with Crippen molar-refractivity contribution in [3.8, 4) is 0 Å². The normalized spacial score (nSPS) is 11.8. The van der Waals surface area contributed by atoms with Gasteiger partial charge in [-0.05, 0) is 31.2 Å². The molecule has 0 bridgehead atoms. The molecule has 3 aromatic rings. The Morgan fingerprint density at radius 2 is 2.17 bits per heavy atom. The SMILES string of the molecule is CCOC(=O)Cn1c(=NC(=O)c2ccco2)sc2cccc(F)c21. The van der Waals surface area contributed by atoms with E-state index in [4.69, 9.17) is 9.15 Å². The van der Waals surface area contributed by atoms with E-state index in [2.05, 4.69) is 4.99 Å². The Balaban J connectivity index is 2.14. The highest BCUT2D eigenvalue weighted by Gasteiger charge is 2.16. The fourth-order valence-electron chi connectivity index (χ4n) is 2.20. The van der Waals surface area contributed by atoms with Gasteiger partial charge in [-0.15, -0.1) is 0 Å². The molecule has 24 heavy (non-hydrogen) atoms. The molecule has 0 aliphatic carbocycles. The predicted molar refractivity (Wildman–Crippen MR) is 85.0 cm³/mol. The van der Waals surface area contributed by atoms with Gasteiger partial charge in [-0.25, -0.2) is 4.39 Å². The standard InChI is InChI=1S/C16H13FN2O4S/c1-2-22-13(20)9-19-14-10(17)5-3-7-12(14)24-16(19)18-15(21)11-6-4-8-23-11/h3-8H,2,9H2,1H3. The van der Waals surface area contributed by atoms with Crippen molar-refractivity contribution < 1.29 is 23.1 Å². The average Bonchev–Trinajstić information content (AvgIpc) is 3.17. The lowest BCUT2D eigenvalue weighted by Gasteiger charge is -2.05. The maximum Gasteiger partial charge on any atom is 0.326 e. The van der Waals surface area contributed by atoms with Crippen LogP contribution in [0.4, 0.5) is 4.39 Å².